The lowest BCUT2D eigenvalue weighted by Crippen LogP contribution is -2.35. The number of carbonyl (C=O) groups excluding carboxylic acids is 2. The molecule has 32 heavy (non-hydrogen) atoms. The van der Waals surface area contributed by atoms with Gasteiger partial charge in [0.15, 0.2) is 0 Å². The number of amides is 1. The number of rotatable bonds is 9. The summed E-state index contributed by atoms with van der Waals surface area (Å²) in [5, 5.41) is 20.1. The number of thioether (sulfide) groups is 1. The average molecular weight is 504 g/mol. The van der Waals surface area contributed by atoms with Crippen LogP contribution in [0.15, 0.2) is 51.0 Å². The van der Waals surface area contributed by atoms with Gasteiger partial charge in [0.1, 0.15) is 6.67 Å². The third-order valence-electron chi connectivity index (χ3n) is 4.38. The molecule has 1 unspecified atom stereocenters. The molecule has 1 amide bonds. The predicted molar refractivity (Wildman–Crippen MR) is 120 cm³/mol. The number of azo groups is 1. The van der Waals surface area contributed by atoms with Crippen molar-refractivity contribution >= 4 is 52.8 Å². The first-order chi connectivity index (χ1) is 15.2. The van der Waals surface area contributed by atoms with Crippen LogP contribution in [0.2, 0.25) is 10.0 Å². The maximum atomic E-state index is 13.9. The van der Waals surface area contributed by atoms with Gasteiger partial charge in [0.25, 0.3) is 5.91 Å². The van der Waals surface area contributed by atoms with Gasteiger partial charge in [0, 0.05) is 24.1 Å². The normalized spacial score (nSPS) is 16.3. The van der Waals surface area contributed by atoms with Crippen LogP contribution in [0.5, 0.6) is 0 Å². The van der Waals surface area contributed by atoms with Gasteiger partial charge in [0.05, 0.1) is 46.5 Å². The highest BCUT2D eigenvalue weighted by atomic mass is 35.5. The summed E-state index contributed by atoms with van der Waals surface area (Å²) in [6, 6.07) is 4.60. The second-order valence-corrected chi connectivity index (χ2v) is 8.34. The molecule has 1 aromatic rings. The zero-order chi connectivity index (χ0) is 23.8. The first-order valence-corrected chi connectivity index (χ1v) is 11.1. The molecule has 0 aromatic heterocycles. The van der Waals surface area contributed by atoms with Crippen LogP contribution in [0.3, 0.4) is 0 Å². The minimum Gasteiger partial charge on any atom is -0.478 e. The largest absolute Gasteiger partial charge is 0.478 e. The van der Waals surface area contributed by atoms with Crippen LogP contribution in [0.4, 0.5) is 4.39 Å². The van der Waals surface area contributed by atoms with Crippen LogP contribution < -0.4 is 5.32 Å². The Morgan fingerprint density at radius 1 is 1.25 bits per heavy atom. The van der Waals surface area contributed by atoms with Crippen LogP contribution in [0.1, 0.15) is 18.4 Å². The van der Waals surface area contributed by atoms with Gasteiger partial charge in [-0.2, -0.15) is 16.9 Å². The molecule has 0 saturated carbocycles. The Bertz CT molecular complexity index is 1010. The lowest BCUT2D eigenvalue weighted by Gasteiger charge is -2.31. The quantitative estimate of drug-likeness (QED) is 0.295. The van der Waals surface area contributed by atoms with Crippen molar-refractivity contribution in [1.29, 1.82) is 0 Å². The zero-order valence-electron chi connectivity index (χ0n) is 17.2. The topological polar surface area (TPSA) is 117 Å². The van der Waals surface area contributed by atoms with Crippen molar-refractivity contribution in [3.8, 4) is 0 Å². The van der Waals surface area contributed by atoms with E-state index in [4.69, 9.17) is 27.9 Å². The Hall–Kier alpha value is -2.43. The van der Waals surface area contributed by atoms with Crippen molar-refractivity contribution in [1.82, 2.24) is 5.32 Å². The van der Waals surface area contributed by atoms with Gasteiger partial charge in [-0.15, -0.1) is 5.11 Å². The first kappa shape index (κ1) is 25.8. The SMILES string of the molecule is COC(=O)C1=C(CF)NC(CSCCN=NC(C)=O)=C(C(=O)O)C1c1cccc(Cl)c1Cl. The van der Waals surface area contributed by atoms with Crippen molar-refractivity contribution in [2.45, 2.75) is 12.8 Å². The predicted octanol–water partition coefficient (Wildman–Crippen LogP) is 4.15. The molecule has 1 aromatic carbocycles. The summed E-state index contributed by atoms with van der Waals surface area (Å²) in [5.41, 5.74) is -0.0468. The van der Waals surface area contributed by atoms with Gasteiger partial charge in [-0.25, -0.2) is 14.0 Å². The summed E-state index contributed by atoms with van der Waals surface area (Å²) >= 11 is 13.8. The van der Waals surface area contributed by atoms with E-state index >= 15 is 0 Å². The molecule has 172 valence electrons. The monoisotopic (exact) mass is 503 g/mol. The number of benzene rings is 1. The molecule has 0 radical (unpaired) electrons. The number of allylic oxidation sites excluding steroid dienone is 1. The molecule has 2 rings (SSSR count). The van der Waals surface area contributed by atoms with E-state index < -0.39 is 30.4 Å². The summed E-state index contributed by atoms with van der Waals surface area (Å²) in [6.45, 7) is 0.451. The Labute approximate surface area is 197 Å². The molecule has 0 fully saturated rings. The number of carboxylic acids is 1. The van der Waals surface area contributed by atoms with Gasteiger partial charge in [-0.3, -0.25) is 4.79 Å². The highest BCUT2D eigenvalue weighted by Gasteiger charge is 2.40. The van der Waals surface area contributed by atoms with E-state index in [-0.39, 0.29) is 50.4 Å². The molecule has 0 aliphatic carbocycles. The molecular formula is C20H20Cl2FN3O5S. The molecule has 0 saturated heterocycles. The Kier molecular flexibility index (Phi) is 9.67. The fourth-order valence-corrected chi connectivity index (χ4v) is 4.32. The summed E-state index contributed by atoms with van der Waals surface area (Å²) < 4.78 is 18.7. The molecular weight excluding hydrogens is 484 g/mol. The minimum absolute atomic E-state index is 0.0519. The van der Waals surface area contributed by atoms with Crippen LogP contribution >= 0.6 is 35.0 Å². The number of alkyl halides is 1. The smallest absolute Gasteiger partial charge is 0.336 e. The fraction of sp³-hybridized carbons (Fsp3) is 0.350. The van der Waals surface area contributed by atoms with Crippen LogP contribution in [-0.2, 0) is 19.1 Å². The number of ether oxygens (including phenoxy) is 1. The van der Waals surface area contributed by atoms with E-state index in [1.54, 1.807) is 6.07 Å². The van der Waals surface area contributed by atoms with Crippen molar-refractivity contribution in [3.05, 3.63) is 56.3 Å². The first-order valence-electron chi connectivity index (χ1n) is 9.23. The number of aliphatic carboxylic acids is 1. The number of carboxylic acid groups (broad SMARTS) is 1. The highest BCUT2D eigenvalue weighted by molar-refractivity contribution is 7.99. The molecule has 1 aliphatic rings. The average Bonchev–Trinajstić information content (AvgIpc) is 2.76. The van der Waals surface area contributed by atoms with Crippen LogP contribution in [-0.4, -0.2) is 54.8 Å². The molecule has 1 aliphatic heterocycles. The number of hydrogen-bond donors (Lipinski definition) is 2. The van der Waals surface area contributed by atoms with Crippen molar-refractivity contribution < 1.29 is 28.6 Å². The lowest BCUT2D eigenvalue weighted by molar-refractivity contribution is -0.136. The minimum atomic E-state index is -1.32. The molecule has 0 spiro atoms. The standard InChI is InChI=1S/C20H20Cl2FN3O5S/c1-10(27)26-24-6-7-32-9-14-16(19(28)29)15(11-4-3-5-12(21)18(11)22)17(20(30)31-2)13(8-23)25-14/h3-5,15,25H,6-9H2,1-2H3,(H,28,29). The maximum absolute atomic E-state index is 13.9. The fourth-order valence-electron chi connectivity index (χ4n) is 3.12. The summed E-state index contributed by atoms with van der Waals surface area (Å²) in [5.74, 6) is -3.26. The molecule has 1 heterocycles. The van der Waals surface area contributed by atoms with Crippen molar-refractivity contribution in [3.63, 3.8) is 0 Å². The maximum Gasteiger partial charge on any atom is 0.336 e. The summed E-state index contributed by atoms with van der Waals surface area (Å²) in [7, 11) is 1.12. The third kappa shape index (κ3) is 6.08. The Morgan fingerprint density at radius 3 is 2.56 bits per heavy atom. The van der Waals surface area contributed by atoms with E-state index in [0.29, 0.717) is 5.75 Å². The van der Waals surface area contributed by atoms with E-state index in [0.717, 1.165) is 7.11 Å². The van der Waals surface area contributed by atoms with Crippen molar-refractivity contribution in [2.24, 2.45) is 10.2 Å². The van der Waals surface area contributed by atoms with E-state index in [1.165, 1.54) is 30.8 Å². The Balaban J connectivity index is 2.52. The molecule has 8 nitrogen and oxygen atoms in total. The van der Waals surface area contributed by atoms with Crippen LogP contribution in [0, 0.1) is 0 Å². The number of nitrogens with zero attached hydrogens (tertiary/aromatic N) is 2. The number of hydrogen-bond acceptors (Lipinski definition) is 7. The number of halogens is 3. The summed E-state index contributed by atoms with van der Waals surface area (Å²) in [6.07, 6.45) is 0. The van der Waals surface area contributed by atoms with E-state index in [1.807, 2.05) is 0 Å². The number of carbonyl (C=O) groups is 3. The number of esters is 1. The Morgan fingerprint density at radius 2 is 1.97 bits per heavy atom. The lowest BCUT2D eigenvalue weighted by atomic mass is 9.80. The number of dihydropyridines is 1. The highest BCUT2D eigenvalue weighted by Crippen LogP contribution is 2.43. The van der Waals surface area contributed by atoms with E-state index in [2.05, 4.69) is 15.5 Å². The third-order valence-corrected chi connectivity index (χ3v) is 6.18. The number of nitrogens with one attached hydrogen (secondary N) is 1. The molecule has 1 atom stereocenters. The van der Waals surface area contributed by atoms with E-state index in [9.17, 15) is 23.9 Å². The second kappa shape index (κ2) is 12.0. The van der Waals surface area contributed by atoms with Gasteiger partial charge < -0.3 is 15.2 Å². The second-order valence-electron chi connectivity index (χ2n) is 6.45. The van der Waals surface area contributed by atoms with Gasteiger partial charge in [0.2, 0.25) is 0 Å². The van der Waals surface area contributed by atoms with Gasteiger partial charge in [-0.05, 0) is 11.6 Å². The molecule has 0 bridgehead atoms. The van der Waals surface area contributed by atoms with Gasteiger partial charge in [-0.1, -0.05) is 35.3 Å². The van der Waals surface area contributed by atoms with Crippen molar-refractivity contribution in [2.75, 3.05) is 31.8 Å². The molecule has 12 heteroatoms. The van der Waals surface area contributed by atoms with Crippen LogP contribution in [0.25, 0.3) is 0 Å². The number of methoxy groups -OCH3 is 1. The molecule has 2 N–H and O–H groups in total. The summed E-state index contributed by atoms with van der Waals surface area (Å²) in [4.78, 5) is 35.6. The van der Waals surface area contributed by atoms with Gasteiger partial charge >= 0.3 is 11.9 Å². The zero-order valence-corrected chi connectivity index (χ0v) is 19.5.